The standard InChI is InChI=1S/C13H19BClNO3/c1-3-4-5-8-16(2)13(17)10-6-7-12(15)11(9-10)14(18)19/h6-7,9,18-19H,3-5,8H2,1-2H3. The van der Waals surface area contributed by atoms with Crippen LogP contribution in [0.15, 0.2) is 18.2 Å². The van der Waals surface area contributed by atoms with Crippen molar-refractivity contribution in [3.63, 3.8) is 0 Å². The van der Waals surface area contributed by atoms with Gasteiger partial charge in [-0.05, 0) is 24.6 Å². The number of hydrogen-bond donors (Lipinski definition) is 2. The zero-order valence-electron chi connectivity index (χ0n) is 11.3. The summed E-state index contributed by atoms with van der Waals surface area (Å²) in [5.41, 5.74) is 0.556. The van der Waals surface area contributed by atoms with E-state index in [1.54, 1.807) is 18.0 Å². The van der Waals surface area contributed by atoms with E-state index in [9.17, 15) is 4.79 Å². The average Bonchev–Trinajstić information content (AvgIpc) is 2.38. The predicted molar refractivity (Wildman–Crippen MR) is 77.8 cm³/mol. The van der Waals surface area contributed by atoms with Gasteiger partial charge in [-0.15, -0.1) is 0 Å². The SMILES string of the molecule is CCCCCN(C)C(=O)c1ccc(Cl)c(B(O)O)c1. The van der Waals surface area contributed by atoms with Gasteiger partial charge in [0.15, 0.2) is 0 Å². The quantitative estimate of drug-likeness (QED) is 0.611. The lowest BCUT2D eigenvalue weighted by Gasteiger charge is -2.17. The van der Waals surface area contributed by atoms with E-state index in [-0.39, 0.29) is 16.4 Å². The number of hydrogen-bond acceptors (Lipinski definition) is 3. The summed E-state index contributed by atoms with van der Waals surface area (Å²) in [4.78, 5) is 13.8. The highest BCUT2D eigenvalue weighted by Crippen LogP contribution is 2.10. The van der Waals surface area contributed by atoms with Gasteiger partial charge in [0.1, 0.15) is 0 Å². The first-order valence-electron chi connectivity index (χ1n) is 6.38. The van der Waals surface area contributed by atoms with E-state index in [0.29, 0.717) is 12.1 Å². The molecule has 0 fully saturated rings. The maximum atomic E-state index is 12.1. The van der Waals surface area contributed by atoms with Crippen molar-refractivity contribution in [1.29, 1.82) is 0 Å². The lowest BCUT2D eigenvalue weighted by atomic mass is 9.79. The third-order valence-electron chi connectivity index (χ3n) is 2.96. The van der Waals surface area contributed by atoms with Gasteiger partial charge in [0, 0.05) is 29.6 Å². The molecule has 0 heterocycles. The van der Waals surface area contributed by atoms with Crippen molar-refractivity contribution in [2.24, 2.45) is 0 Å². The maximum absolute atomic E-state index is 12.1. The molecular formula is C13H19BClNO3. The van der Waals surface area contributed by atoms with Gasteiger partial charge in [-0.25, -0.2) is 0 Å². The third-order valence-corrected chi connectivity index (χ3v) is 3.31. The second-order valence-electron chi connectivity index (χ2n) is 4.54. The first-order valence-corrected chi connectivity index (χ1v) is 6.76. The second kappa shape index (κ2) is 7.53. The molecule has 104 valence electrons. The Morgan fingerprint density at radius 2 is 2.05 bits per heavy atom. The topological polar surface area (TPSA) is 60.8 Å². The number of carbonyl (C=O) groups is 1. The Hall–Kier alpha value is -1.04. The minimum atomic E-state index is -1.68. The van der Waals surface area contributed by atoms with Crippen molar-refractivity contribution in [2.75, 3.05) is 13.6 Å². The number of unbranched alkanes of at least 4 members (excludes halogenated alkanes) is 2. The third kappa shape index (κ3) is 4.53. The van der Waals surface area contributed by atoms with Gasteiger partial charge in [-0.3, -0.25) is 4.79 Å². The molecule has 19 heavy (non-hydrogen) atoms. The molecule has 4 nitrogen and oxygen atoms in total. The molecule has 1 amide bonds. The summed E-state index contributed by atoms with van der Waals surface area (Å²) in [6.45, 7) is 2.79. The molecule has 1 rings (SSSR count). The molecule has 0 aliphatic carbocycles. The van der Waals surface area contributed by atoms with Gasteiger partial charge in [0.2, 0.25) is 0 Å². The Labute approximate surface area is 119 Å². The Bertz CT molecular complexity index is 440. The monoisotopic (exact) mass is 283 g/mol. The van der Waals surface area contributed by atoms with Crippen molar-refractivity contribution in [3.05, 3.63) is 28.8 Å². The van der Waals surface area contributed by atoms with Crippen LogP contribution < -0.4 is 5.46 Å². The highest BCUT2D eigenvalue weighted by atomic mass is 35.5. The Morgan fingerprint density at radius 1 is 1.37 bits per heavy atom. The molecule has 0 aliphatic rings. The summed E-state index contributed by atoms with van der Waals surface area (Å²) in [5.74, 6) is -0.144. The van der Waals surface area contributed by atoms with E-state index >= 15 is 0 Å². The molecule has 1 aromatic carbocycles. The van der Waals surface area contributed by atoms with Gasteiger partial charge in [-0.1, -0.05) is 31.4 Å². The average molecular weight is 284 g/mol. The zero-order valence-corrected chi connectivity index (χ0v) is 12.0. The number of rotatable bonds is 6. The Kier molecular flexibility index (Phi) is 6.35. The fourth-order valence-electron chi connectivity index (χ4n) is 1.80. The van der Waals surface area contributed by atoms with E-state index in [2.05, 4.69) is 6.92 Å². The first-order chi connectivity index (χ1) is 8.97. The zero-order chi connectivity index (χ0) is 14.4. The number of benzene rings is 1. The smallest absolute Gasteiger partial charge is 0.423 e. The van der Waals surface area contributed by atoms with Gasteiger partial charge in [0.05, 0.1) is 0 Å². The second-order valence-corrected chi connectivity index (χ2v) is 4.95. The van der Waals surface area contributed by atoms with Gasteiger partial charge < -0.3 is 14.9 Å². The molecule has 0 unspecified atom stereocenters. The Morgan fingerprint density at radius 3 is 2.63 bits per heavy atom. The largest absolute Gasteiger partial charge is 0.489 e. The van der Waals surface area contributed by atoms with Gasteiger partial charge in [-0.2, -0.15) is 0 Å². The van der Waals surface area contributed by atoms with E-state index in [4.69, 9.17) is 21.6 Å². The van der Waals surface area contributed by atoms with Crippen LogP contribution in [0, 0.1) is 0 Å². The van der Waals surface area contributed by atoms with E-state index in [1.165, 1.54) is 12.1 Å². The fraction of sp³-hybridized carbons (Fsp3) is 0.462. The number of halogens is 1. The molecule has 0 atom stereocenters. The Balaban J connectivity index is 2.79. The van der Waals surface area contributed by atoms with Crippen LogP contribution >= 0.6 is 11.6 Å². The molecule has 0 bridgehead atoms. The van der Waals surface area contributed by atoms with Crippen molar-refractivity contribution >= 4 is 30.1 Å². The fourth-order valence-corrected chi connectivity index (χ4v) is 2.01. The first kappa shape index (κ1) is 16.0. The number of amides is 1. The molecule has 1 aromatic rings. The molecular weight excluding hydrogens is 264 g/mol. The molecule has 0 saturated heterocycles. The van der Waals surface area contributed by atoms with E-state index in [1.807, 2.05) is 0 Å². The van der Waals surface area contributed by atoms with Crippen LogP contribution in [-0.4, -0.2) is 41.6 Å². The van der Waals surface area contributed by atoms with Gasteiger partial charge >= 0.3 is 7.12 Å². The van der Waals surface area contributed by atoms with Crippen LogP contribution in [-0.2, 0) is 0 Å². The van der Waals surface area contributed by atoms with Crippen molar-refractivity contribution in [2.45, 2.75) is 26.2 Å². The molecule has 0 radical (unpaired) electrons. The normalized spacial score (nSPS) is 10.4. The lowest BCUT2D eigenvalue weighted by Crippen LogP contribution is -2.33. The highest BCUT2D eigenvalue weighted by molar-refractivity contribution is 6.62. The van der Waals surface area contributed by atoms with Crippen LogP contribution in [0.4, 0.5) is 0 Å². The van der Waals surface area contributed by atoms with Crippen LogP contribution in [0.1, 0.15) is 36.5 Å². The number of nitrogens with zero attached hydrogens (tertiary/aromatic N) is 1. The van der Waals surface area contributed by atoms with Crippen LogP contribution in [0.25, 0.3) is 0 Å². The summed E-state index contributed by atoms with van der Waals surface area (Å²) in [5, 5.41) is 18.6. The summed E-state index contributed by atoms with van der Waals surface area (Å²) < 4.78 is 0. The van der Waals surface area contributed by atoms with Crippen LogP contribution in [0.2, 0.25) is 5.02 Å². The minimum absolute atomic E-state index is 0.144. The summed E-state index contributed by atoms with van der Waals surface area (Å²) in [6, 6.07) is 4.52. The molecule has 2 N–H and O–H groups in total. The number of carbonyl (C=O) groups excluding carboxylic acids is 1. The highest BCUT2D eigenvalue weighted by Gasteiger charge is 2.19. The van der Waals surface area contributed by atoms with E-state index < -0.39 is 7.12 Å². The summed E-state index contributed by atoms with van der Waals surface area (Å²) in [6.07, 6.45) is 3.14. The van der Waals surface area contributed by atoms with Crippen molar-refractivity contribution in [1.82, 2.24) is 4.90 Å². The van der Waals surface area contributed by atoms with Crippen LogP contribution in [0.5, 0.6) is 0 Å². The van der Waals surface area contributed by atoms with Gasteiger partial charge in [0.25, 0.3) is 5.91 Å². The maximum Gasteiger partial charge on any atom is 0.489 e. The molecule has 0 aromatic heterocycles. The van der Waals surface area contributed by atoms with Crippen molar-refractivity contribution in [3.8, 4) is 0 Å². The van der Waals surface area contributed by atoms with Crippen molar-refractivity contribution < 1.29 is 14.8 Å². The molecule has 0 spiro atoms. The predicted octanol–water partition coefficient (Wildman–Crippen LogP) is 1.28. The minimum Gasteiger partial charge on any atom is -0.423 e. The van der Waals surface area contributed by atoms with Crippen LogP contribution in [0.3, 0.4) is 0 Å². The van der Waals surface area contributed by atoms with E-state index in [0.717, 1.165) is 19.3 Å². The summed E-state index contributed by atoms with van der Waals surface area (Å²) >= 11 is 5.83. The summed E-state index contributed by atoms with van der Waals surface area (Å²) in [7, 11) is 0.0624. The molecule has 0 aliphatic heterocycles. The molecule has 6 heteroatoms. The molecule has 0 saturated carbocycles. The lowest BCUT2D eigenvalue weighted by molar-refractivity contribution is 0.0793.